The van der Waals surface area contributed by atoms with Gasteiger partial charge in [-0.3, -0.25) is 0 Å². The molecule has 1 aliphatic rings. The van der Waals surface area contributed by atoms with Crippen LogP contribution < -0.4 is 29.6 Å². The summed E-state index contributed by atoms with van der Waals surface area (Å²) >= 11 is 0. The van der Waals surface area contributed by atoms with Gasteiger partial charge in [0.2, 0.25) is 0 Å². The number of hydrogen-bond acceptors (Lipinski definition) is 6. The number of alkyl halides is 3. The minimum Gasteiger partial charge on any atom is -0.497 e. The van der Waals surface area contributed by atoms with E-state index in [9.17, 15) is 0 Å². The van der Waals surface area contributed by atoms with Crippen LogP contribution in [0.15, 0.2) is 164 Å². The summed E-state index contributed by atoms with van der Waals surface area (Å²) in [6.45, 7) is 8.84. The van der Waals surface area contributed by atoms with Gasteiger partial charge in [0, 0.05) is 23.2 Å². The summed E-state index contributed by atoms with van der Waals surface area (Å²) in [5, 5.41) is 10.5. The first-order valence-electron chi connectivity index (χ1n) is 23.8. The molecule has 70 heavy (non-hydrogen) atoms. The lowest BCUT2D eigenvalue weighted by atomic mass is 9.77. The maximum absolute atomic E-state index is 16.0. The third kappa shape index (κ3) is 9.25. The molecule has 0 spiro atoms. The van der Waals surface area contributed by atoms with Crippen LogP contribution in [-0.4, -0.2) is 28.4 Å². The summed E-state index contributed by atoms with van der Waals surface area (Å²) in [4.78, 5) is 0. The molecule has 0 fully saturated rings. The minimum absolute atomic E-state index is 0.213. The smallest absolute Gasteiger partial charge is 0.416 e. The second-order valence-corrected chi connectivity index (χ2v) is 18.6. The van der Waals surface area contributed by atoms with Crippen molar-refractivity contribution in [2.45, 2.75) is 69.6 Å². The highest BCUT2D eigenvalue weighted by molar-refractivity contribution is 5.93. The maximum Gasteiger partial charge on any atom is 0.416 e. The van der Waals surface area contributed by atoms with Gasteiger partial charge in [0.25, 0.3) is 0 Å². The average molecular weight is 941 g/mol. The number of anilines is 2. The van der Waals surface area contributed by atoms with Gasteiger partial charge in [-0.1, -0.05) is 131 Å². The van der Waals surface area contributed by atoms with Gasteiger partial charge in [-0.15, -0.1) is 0 Å². The molecule has 358 valence electrons. The second kappa shape index (κ2) is 19.9. The molecule has 0 aromatic heterocycles. The highest BCUT2D eigenvalue weighted by atomic mass is 19.4. The van der Waals surface area contributed by atoms with Gasteiger partial charge >= 0.3 is 6.18 Å². The summed E-state index contributed by atoms with van der Waals surface area (Å²) in [5.74, 6) is 1.55. The van der Waals surface area contributed by atoms with E-state index >= 15 is 13.2 Å². The zero-order valence-electron chi connectivity index (χ0n) is 40.8. The molecule has 0 radical (unpaired) electrons. The molecule has 0 saturated carbocycles. The average Bonchev–Trinajstić information content (AvgIpc) is 3.67. The molecular weight excluding hydrogens is 882 g/mol. The molecule has 8 aromatic rings. The fourth-order valence-electron chi connectivity index (χ4n) is 10.4. The topological polar surface area (TPSA) is 61.0 Å². The molecular formula is C61H59F3N2O4. The summed E-state index contributed by atoms with van der Waals surface area (Å²) in [6, 6.07) is 51.6. The number of para-hydroxylation sites is 1. The number of benzene rings is 8. The maximum atomic E-state index is 16.0. The Morgan fingerprint density at radius 2 is 0.729 bits per heavy atom. The van der Waals surface area contributed by atoms with Crippen LogP contribution in [0, 0.1) is 0 Å². The van der Waals surface area contributed by atoms with E-state index < -0.39 is 29.6 Å². The van der Waals surface area contributed by atoms with E-state index in [-0.39, 0.29) is 17.9 Å². The van der Waals surface area contributed by atoms with Crippen molar-refractivity contribution >= 4 is 22.1 Å². The molecule has 1 aliphatic carbocycles. The van der Waals surface area contributed by atoms with E-state index in [1.807, 2.05) is 97.1 Å². The summed E-state index contributed by atoms with van der Waals surface area (Å²) in [5.41, 5.74) is 9.49. The molecule has 2 N–H and O–H groups in total. The van der Waals surface area contributed by atoms with Gasteiger partial charge in [-0.05, 0) is 139 Å². The zero-order chi connectivity index (χ0) is 49.3. The Labute approximate surface area is 409 Å². The Bertz CT molecular complexity index is 2850. The van der Waals surface area contributed by atoms with Crippen molar-refractivity contribution in [3.63, 3.8) is 0 Å². The number of rotatable bonds is 16. The monoisotopic (exact) mass is 940 g/mol. The van der Waals surface area contributed by atoms with Gasteiger partial charge in [-0.25, -0.2) is 0 Å². The Hall–Kier alpha value is -7.39. The predicted molar refractivity (Wildman–Crippen MR) is 277 cm³/mol. The third-order valence-corrected chi connectivity index (χ3v) is 13.9. The third-order valence-electron chi connectivity index (χ3n) is 13.9. The lowest BCUT2D eigenvalue weighted by Gasteiger charge is -2.34. The molecule has 2 atom stereocenters. The molecule has 6 nitrogen and oxygen atoms in total. The number of ether oxygens (including phenoxy) is 4. The molecule has 9 heteroatoms. The van der Waals surface area contributed by atoms with Crippen molar-refractivity contribution in [2.24, 2.45) is 0 Å². The molecule has 0 saturated heterocycles. The molecule has 8 aromatic carbocycles. The Balaban J connectivity index is 1.38. The van der Waals surface area contributed by atoms with Crippen LogP contribution >= 0.6 is 0 Å². The first-order valence-corrected chi connectivity index (χ1v) is 23.8. The minimum atomic E-state index is -4.72. The van der Waals surface area contributed by atoms with Gasteiger partial charge in [0.1, 0.15) is 23.0 Å². The van der Waals surface area contributed by atoms with Crippen molar-refractivity contribution in [3.05, 3.63) is 225 Å². The molecule has 9 rings (SSSR count). The van der Waals surface area contributed by atoms with Crippen LogP contribution in [0.3, 0.4) is 0 Å². The first kappa shape index (κ1) is 47.7. The van der Waals surface area contributed by atoms with Crippen LogP contribution in [-0.2, 0) is 6.18 Å². The Kier molecular flexibility index (Phi) is 13.6. The summed E-state index contributed by atoms with van der Waals surface area (Å²) < 4.78 is 70.3. The Morgan fingerprint density at radius 3 is 1.03 bits per heavy atom. The van der Waals surface area contributed by atoms with Gasteiger partial charge in [0.15, 0.2) is 0 Å². The van der Waals surface area contributed by atoms with Crippen LogP contribution in [0.2, 0.25) is 0 Å². The molecule has 0 heterocycles. The lowest BCUT2D eigenvalue weighted by Crippen LogP contribution is -2.25. The van der Waals surface area contributed by atoms with E-state index in [0.29, 0.717) is 39.8 Å². The quantitative estimate of drug-likeness (QED) is 0.0942. The van der Waals surface area contributed by atoms with E-state index in [0.717, 1.165) is 49.8 Å². The second-order valence-electron chi connectivity index (χ2n) is 18.6. The molecule has 0 bridgehead atoms. The van der Waals surface area contributed by atoms with Gasteiger partial charge in [-0.2, -0.15) is 13.2 Å². The lowest BCUT2D eigenvalue weighted by molar-refractivity contribution is -0.137. The number of nitrogens with one attached hydrogen (secondary N) is 2. The van der Waals surface area contributed by atoms with Crippen LogP contribution in [0.4, 0.5) is 24.5 Å². The van der Waals surface area contributed by atoms with Crippen molar-refractivity contribution in [2.75, 3.05) is 39.1 Å². The highest BCUT2D eigenvalue weighted by Gasteiger charge is 2.40. The Morgan fingerprint density at radius 1 is 0.414 bits per heavy atom. The van der Waals surface area contributed by atoms with Gasteiger partial charge < -0.3 is 29.6 Å². The van der Waals surface area contributed by atoms with Crippen molar-refractivity contribution in [1.29, 1.82) is 0 Å². The highest BCUT2D eigenvalue weighted by Crippen LogP contribution is 2.53. The number of halogens is 3. The summed E-state index contributed by atoms with van der Waals surface area (Å²) in [6.07, 6.45) is -4.72. The van der Waals surface area contributed by atoms with Crippen molar-refractivity contribution in [1.82, 2.24) is 0 Å². The fourth-order valence-corrected chi connectivity index (χ4v) is 10.4. The SMILES string of the molecule is COc1ccc(C(c2ccc(OC)cc2)c2cc(C(F)(F)F)cc(C(c3ccc(OC)cc3)c3ccc(OC)cc3)c2NC2c3cccc4cccc(c34)C2Nc2c(C(C)C)cccc2C(C)C)cc1. The zero-order valence-corrected chi connectivity index (χ0v) is 40.8. The first-order chi connectivity index (χ1) is 33.8. The van der Waals surface area contributed by atoms with E-state index in [1.165, 1.54) is 23.3 Å². The number of hydrogen-bond donors (Lipinski definition) is 2. The van der Waals surface area contributed by atoms with Gasteiger partial charge in [0.05, 0.1) is 46.1 Å². The molecule has 2 unspecified atom stereocenters. The van der Waals surface area contributed by atoms with Crippen LogP contribution in [0.5, 0.6) is 23.0 Å². The number of methoxy groups -OCH3 is 4. The van der Waals surface area contributed by atoms with E-state index in [1.54, 1.807) is 28.4 Å². The van der Waals surface area contributed by atoms with E-state index in [2.05, 4.69) is 92.9 Å². The normalized spacial score (nSPS) is 14.4. The molecule has 0 amide bonds. The molecule has 0 aliphatic heterocycles. The largest absolute Gasteiger partial charge is 0.497 e. The van der Waals surface area contributed by atoms with Crippen LogP contribution in [0.25, 0.3) is 10.8 Å². The van der Waals surface area contributed by atoms with Crippen molar-refractivity contribution in [3.8, 4) is 23.0 Å². The standard InChI is InChI=1S/C61H59F3N2O4/c1-36(2)48-14-11-15-49(37(3)4)57(48)65-59-50-16-9-12-38-13-10-17-51(56(38)50)60(59)66-58-52(54(39-18-26-44(67-5)27-19-39)40-20-28-45(68-6)29-21-40)34-43(61(62,63)64)35-53(58)55(41-22-30-46(69-7)31-23-41)42-24-32-47(70-8)33-25-42/h9-37,54-55,59-60,65-66H,1-8H3. The fraction of sp³-hybridized carbons (Fsp3) is 0.246. The predicted octanol–water partition coefficient (Wildman–Crippen LogP) is 15.8. The summed E-state index contributed by atoms with van der Waals surface area (Å²) in [7, 11) is 6.40. The van der Waals surface area contributed by atoms with Crippen molar-refractivity contribution < 1.29 is 32.1 Å². The van der Waals surface area contributed by atoms with E-state index in [4.69, 9.17) is 18.9 Å². The van der Waals surface area contributed by atoms with Crippen LogP contribution in [0.1, 0.15) is 125 Å².